The van der Waals surface area contributed by atoms with E-state index in [9.17, 15) is 14.9 Å². The van der Waals surface area contributed by atoms with Crippen molar-refractivity contribution < 1.29 is 9.72 Å². The van der Waals surface area contributed by atoms with Crippen molar-refractivity contribution in [3.05, 3.63) is 75.8 Å². The Kier molecular flexibility index (Phi) is 5.37. The summed E-state index contributed by atoms with van der Waals surface area (Å²) >= 11 is 0. The topological polar surface area (TPSA) is 84.6 Å². The van der Waals surface area contributed by atoms with E-state index in [0.717, 1.165) is 5.56 Å². The highest BCUT2D eigenvalue weighted by molar-refractivity contribution is 5.79. The summed E-state index contributed by atoms with van der Waals surface area (Å²) in [5, 5.41) is 14.4. The van der Waals surface area contributed by atoms with Crippen LogP contribution in [-0.4, -0.2) is 17.0 Å². The van der Waals surface area contributed by atoms with Gasteiger partial charge < -0.3 is 0 Å². The lowest BCUT2D eigenvalue weighted by Crippen LogP contribution is -2.19. The number of nitrogens with one attached hydrogen (secondary N) is 1. The van der Waals surface area contributed by atoms with E-state index in [4.69, 9.17) is 0 Å². The third-order valence-corrected chi connectivity index (χ3v) is 2.96. The van der Waals surface area contributed by atoms with Gasteiger partial charge in [-0.2, -0.15) is 5.10 Å². The maximum atomic E-state index is 11.7. The molecule has 2 aromatic rings. The fraction of sp³-hybridized carbons (Fsp3) is 0.125. The van der Waals surface area contributed by atoms with Gasteiger partial charge in [0.25, 0.3) is 5.69 Å². The second-order valence-electron chi connectivity index (χ2n) is 4.64. The van der Waals surface area contributed by atoms with Crippen molar-refractivity contribution in [1.29, 1.82) is 0 Å². The molecule has 0 fully saturated rings. The lowest BCUT2D eigenvalue weighted by Gasteiger charge is -2.00. The quantitative estimate of drug-likeness (QED) is 0.505. The molecule has 0 saturated heterocycles. The number of benzene rings is 2. The number of carbonyl (C=O) groups is 1. The molecule has 1 N–H and O–H groups in total. The molecule has 0 spiro atoms. The molecular formula is C16H15N3O3. The second-order valence-corrected chi connectivity index (χ2v) is 4.64. The molecule has 0 aromatic heterocycles. The van der Waals surface area contributed by atoms with Crippen molar-refractivity contribution >= 4 is 17.8 Å². The second kappa shape index (κ2) is 7.68. The largest absolute Gasteiger partial charge is 0.273 e. The molecule has 0 heterocycles. The SMILES string of the molecule is O=C(Cc1ccc([N+](=O)[O-])cc1)N/N=C/Cc1ccccc1. The Morgan fingerprint density at radius 2 is 1.77 bits per heavy atom. The van der Waals surface area contributed by atoms with Crippen molar-refractivity contribution in [3.63, 3.8) is 0 Å². The van der Waals surface area contributed by atoms with Gasteiger partial charge in [0.1, 0.15) is 0 Å². The maximum absolute atomic E-state index is 11.7. The van der Waals surface area contributed by atoms with E-state index >= 15 is 0 Å². The Labute approximate surface area is 127 Å². The summed E-state index contributed by atoms with van der Waals surface area (Å²) in [7, 11) is 0. The van der Waals surface area contributed by atoms with Crippen LogP contribution in [0.3, 0.4) is 0 Å². The van der Waals surface area contributed by atoms with Gasteiger partial charge in [0.05, 0.1) is 11.3 Å². The highest BCUT2D eigenvalue weighted by Crippen LogP contribution is 2.12. The number of nitro groups is 1. The monoisotopic (exact) mass is 297 g/mol. The average molecular weight is 297 g/mol. The van der Waals surface area contributed by atoms with Crippen molar-refractivity contribution in [2.75, 3.05) is 0 Å². The standard InChI is InChI=1S/C16H15N3O3/c20-16(12-14-6-8-15(9-7-14)19(21)22)18-17-11-10-13-4-2-1-3-5-13/h1-9,11H,10,12H2,(H,18,20)/b17-11+. The molecule has 2 aromatic carbocycles. The average Bonchev–Trinajstić information content (AvgIpc) is 2.53. The lowest BCUT2D eigenvalue weighted by molar-refractivity contribution is -0.384. The van der Waals surface area contributed by atoms with Crippen LogP contribution in [0.5, 0.6) is 0 Å². The molecule has 112 valence electrons. The molecule has 2 rings (SSSR count). The van der Waals surface area contributed by atoms with Gasteiger partial charge in [-0.3, -0.25) is 14.9 Å². The molecule has 22 heavy (non-hydrogen) atoms. The Balaban J connectivity index is 1.79. The summed E-state index contributed by atoms with van der Waals surface area (Å²) in [6.45, 7) is 0. The summed E-state index contributed by atoms with van der Waals surface area (Å²) in [4.78, 5) is 21.7. The Hall–Kier alpha value is -3.02. The van der Waals surface area contributed by atoms with Crippen molar-refractivity contribution in [3.8, 4) is 0 Å². The summed E-state index contributed by atoms with van der Waals surface area (Å²) < 4.78 is 0. The molecule has 6 heteroatoms. The first-order chi connectivity index (χ1) is 10.6. The van der Waals surface area contributed by atoms with E-state index in [1.54, 1.807) is 18.3 Å². The predicted molar refractivity (Wildman–Crippen MR) is 83.6 cm³/mol. The third-order valence-electron chi connectivity index (χ3n) is 2.96. The molecule has 0 atom stereocenters. The highest BCUT2D eigenvalue weighted by Gasteiger charge is 2.06. The van der Waals surface area contributed by atoms with E-state index < -0.39 is 4.92 Å². The Bertz CT molecular complexity index is 667. The van der Waals surface area contributed by atoms with Gasteiger partial charge in [0.15, 0.2) is 0 Å². The van der Waals surface area contributed by atoms with Crippen LogP contribution in [-0.2, 0) is 17.6 Å². The molecule has 1 amide bonds. The number of rotatable bonds is 6. The van der Waals surface area contributed by atoms with Crippen molar-refractivity contribution in [2.45, 2.75) is 12.8 Å². The minimum atomic E-state index is -0.474. The molecule has 0 aliphatic heterocycles. The molecule has 0 aliphatic carbocycles. The minimum Gasteiger partial charge on any atom is -0.273 e. The predicted octanol–water partition coefficient (Wildman–Crippen LogP) is 2.48. The van der Waals surface area contributed by atoms with Crippen LogP contribution in [0.1, 0.15) is 11.1 Å². The number of hydrogen-bond acceptors (Lipinski definition) is 4. The minimum absolute atomic E-state index is 0.00467. The van der Waals surface area contributed by atoms with Crippen LogP contribution in [0.4, 0.5) is 5.69 Å². The molecule has 0 bridgehead atoms. The van der Waals surface area contributed by atoms with Crippen LogP contribution in [0.15, 0.2) is 59.7 Å². The van der Waals surface area contributed by atoms with Gasteiger partial charge in [0.2, 0.25) is 5.91 Å². The summed E-state index contributed by atoms with van der Waals surface area (Å²) in [5.41, 5.74) is 4.24. The molecule has 6 nitrogen and oxygen atoms in total. The number of carbonyl (C=O) groups excluding carboxylic acids is 1. The number of non-ortho nitro benzene ring substituents is 1. The Morgan fingerprint density at radius 3 is 2.41 bits per heavy atom. The van der Waals surface area contributed by atoms with E-state index in [1.807, 2.05) is 30.3 Å². The number of amides is 1. The summed E-state index contributed by atoms with van der Waals surface area (Å²) in [5.74, 6) is -0.266. The van der Waals surface area contributed by atoms with E-state index in [1.165, 1.54) is 12.1 Å². The van der Waals surface area contributed by atoms with E-state index in [2.05, 4.69) is 10.5 Å². The van der Waals surface area contributed by atoms with Crippen LogP contribution >= 0.6 is 0 Å². The number of hydrogen-bond donors (Lipinski definition) is 1. The van der Waals surface area contributed by atoms with Crippen molar-refractivity contribution in [2.24, 2.45) is 5.10 Å². The molecular weight excluding hydrogens is 282 g/mol. The van der Waals surface area contributed by atoms with E-state index in [-0.39, 0.29) is 18.0 Å². The van der Waals surface area contributed by atoms with Gasteiger partial charge in [-0.25, -0.2) is 5.43 Å². The molecule has 0 saturated carbocycles. The highest BCUT2D eigenvalue weighted by atomic mass is 16.6. The zero-order valence-corrected chi connectivity index (χ0v) is 11.8. The zero-order chi connectivity index (χ0) is 15.8. The van der Waals surface area contributed by atoms with E-state index in [0.29, 0.717) is 12.0 Å². The maximum Gasteiger partial charge on any atom is 0.269 e. The van der Waals surface area contributed by atoms with Crippen LogP contribution in [0, 0.1) is 10.1 Å². The first kappa shape index (κ1) is 15.4. The summed E-state index contributed by atoms with van der Waals surface area (Å²) in [6, 6.07) is 15.6. The van der Waals surface area contributed by atoms with Crippen LogP contribution in [0.2, 0.25) is 0 Å². The van der Waals surface area contributed by atoms with Crippen molar-refractivity contribution in [1.82, 2.24) is 5.43 Å². The number of nitro benzene ring substituents is 1. The third kappa shape index (κ3) is 4.82. The Morgan fingerprint density at radius 1 is 1.09 bits per heavy atom. The molecule has 0 radical (unpaired) electrons. The van der Waals surface area contributed by atoms with Gasteiger partial charge in [-0.15, -0.1) is 0 Å². The van der Waals surface area contributed by atoms with Gasteiger partial charge >= 0.3 is 0 Å². The number of nitrogens with zero attached hydrogens (tertiary/aromatic N) is 2. The number of hydrazone groups is 1. The molecule has 0 aliphatic rings. The van der Waals surface area contributed by atoms with Gasteiger partial charge in [0, 0.05) is 24.8 Å². The summed E-state index contributed by atoms with van der Waals surface area (Å²) in [6.07, 6.45) is 2.39. The fourth-order valence-corrected chi connectivity index (χ4v) is 1.84. The van der Waals surface area contributed by atoms with Crippen LogP contribution in [0.25, 0.3) is 0 Å². The molecule has 0 unspecified atom stereocenters. The lowest BCUT2D eigenvalue weighted by atomic mass is 10.1. The van der Waals surface area contributed by atoms with Gasteiger partial charge in [-0.1, -0.05) is 42.5 Å². The zero-order valence-electron chi connectivity index (χ0n) is 11.8. The first-order valence-electron chi connectivity index (χ1n) is 6.73. The van der Waals surface area contributed by atoms with Crippen LogP contribution < -0.4 is 5.43 Å². The fourth-order valence-electron chi connectivity index (χ4n) is 1.84. The van der Waals surface area contributed by atoms with Gasteiger partial charge in [-0.05, 0) is 11.1 Å². The first-order valence-corrected chi connectivity index (χ1v) is 6.73. The normalized spacial score (nSPS) is 10.5. The smallest absolute Gasteiger partial charge is 0.269 e.